The van der Waals surface area contributed by atoms with Gasteiger partial charge in [-0.3, -0.25) is 0 Å². The molecule has 0 radical (unpaired) electrons. The molecule has 94 valence electrons. The van der Waals surface area contributed by atoms with Crippen LogP contribution in [0, 0.1) is 13.8 Å². The largest absolute Gasteiger partial charge is 0.497 e. The van der Waals surface area contributed by atoms with E-state index in [1.54, 1.807) is 7.11 Å². The van der Waals surface area contributed by atoms with Crippen molar-refractivity contribution in [2.45, 2.75) is 20.4 Å². The van der Waals surface area contributed by atoms with Gasteiger partial charge in [-0.15, -0.1) is 0 Å². The van der Waals surface area contributed by atoms with E-state index in [0.717, 1.165) is 18.0 Å². The highest BCUT2D eigenvalue weighted by Gasteiger charge is 1.98. The van der Waals surface area contributed by atoms with Gasteiger partial charge in [0.05, 0.1) is 7.11 Å². The summed E-state index contributed by atoms with van der Waals surface area (Å²) in [5.41, 5.74) is 4.98. The summed E-state index contributed by atoms with van der Waals surface area (Å²) >= 11 is 0. The van der Waals surface area contributed by atoms with E-state index < -0.39 is 0 Å². The smallest absolute Gasteiger partial charge is 0.120 e. The van der Waals surface area contributed by atoms with Gasteiger partial charge < -0.3 is 10.1 Å². The van der Waals surface area contributed by atoms with Crippen molar-refractivity contribution < 1.29 is 4.74 Å². The first-order valence-corrected chi connectivity index (χ1v) is 6.12. The van der Waals surface area contributed by atoms with Crippen LogP contribution >= 0.6 is 0 Å². The van der Waals surface area contributed by atoms with E-state index in [9.17, 15) is 0 Å². The zero-order valence-electron chi connectivity index (χ0n) is 11.2. The Morgan fingerprint density at radius 2 is 1.72 bits per heavy atom. The molecule has 2 aromatic rings. The Labute approximate surface area is 109 Å². The molecule has 18 heavy (non-hydrogen) atoms. The molecule has 2 nitrogen and oxygen atoms in total. The maximum absolute atomic E-state index is 5.21. The molecule has 2 rings (SSSR count). The van der Waals surface area contributed by atoms with Crippen LogP contribution in [-0.4, -0.2) is 7.11 Å². The highest BCUT2D eigenvalue weighted by molar-refractivity contribution is 5.48. The molecule has 0 aromatic heterocycles. The van der Waals surface area contributed by atoms with Crippen LogP contribution in [0.4, 0.5) is 5.69 Å². The highest BCUT2D eigenvalue weighted by Crippen LogP contribution is 2.18. The predicted molar refractivity (Wildman–Crippen MR) is 76.2 cm³/mol. The Hall–Kier alpha value is -1.96. The van der Waals surface area contributed by atoms with Gasteiger partial charge in [0.25, 0.3) is 0 Å². The van der Waals surface area contributed by atoms with Crippen molar-refractivity contribution in [2.75, 3.05) is 12.4 Å². The summed E-state index contributed by atoms with van der Waals surface area (Å²) < 4.78 is 5.21. The van der Waals surface area contributed by atoms with Gasteiger partial charge >= 0.3 is 0 Å². The van der Waals surface area contributed by atoms with Gasteiger partial charge in [-0.2, -0.15) is 0 Å². The molecule has 0 saturated carbocycles. The summed E-state index contributed by atoms with van der Waals surface area (Å²) in [6.07, 6.45) is 0. The van der Waals surface area contributed by atoms with Crippen LogP contribution < -0.4 is 10.1 Å². The van der Waals surface area contributed by atoms with E-state index in [-0.39, 0.29) is 0 Å². The van der Waals surface area contributed by atoms with Crippen LogP contribution in [0.5, 0.6) is 5.75 Å². The molecule has 0 atom stereocenters. The molecule has 1 N–H and O–H groups in total. The molecule has 0 aliphatic heterocycles. The topological polar surface area (TPSA) is 21.3 Å². The molecule has 0 fully saturated rings. The number of benzene rings is 2. The van der Waals surface area contributed by atoms with Gasteiger partial charge in [0, 0.05) is 18.3 Å². The minimum atomic E-state index is 0.829. The molecule has 0 amide bonds. The lowest BCUT2D eigenvalue weighted by Crippen LogP contribution is -2.00. The molecule has 2 aromatic carbocycles. The molecular weight excluding hydrogens is 222 g/mol. The van der Waals surface area contributed by atoms with Gasteiger partial charge in [-0.1, -0.05) is 35.4 Å². The predicted octanol–water partition coefficient (Wildman–Crippen LogP) is 3.92. The maximum Gasteiger partial charge on any atom is 0.120 e. The Balaban J connectivity index is 2.06. The quantitative estimate of drug-likeness (QED) is 0.875. The van der Waals surface area contributed by atoms with Crippen molar-refractivity contribution in [3.05, 3.63) is 59.2 Å². The lowest BCUT2D eigenvalue weighted by atomic mass is 10.1. The fourth-order valence-electron chi connectivity index (χ4n) is 2.11. The summed E-state index contributed by atoms with van der Waals surface area (Å²) in [4.78, 5) is 0. The molecule has 2 heteroatoms. The second-order valence-electron chi connectivity index (χ2n) is 4.58. The number of anilines is 1. The molecule has 0 aliphatic rings. The fraction of sp³-hybridized carbons (Fsp3) is 0.250. The molecular formula is C16H19NO. The van der Waals surface area contributed by atoms with E-state index in [2.05, 4.69) is 37.4 Å². The maximum atomic E-state index is 5.21. The minimum absolute atomic E-state index is 0.829. The van der Waals surface area contributed by atoms with Crippen molar-refractivity contribution >= 4 is 5.69 Å². The van der Waals surface area contributed by atoms with Crippen LogP contribution in [0.3, 0.4) is 0 Å². The zero-order valence-corrected chi connectivity index (χ0v) is 11.2. The van der Waals surface area contributed by atoms with Crippen LogP contribution in [0.15, 0.2) is 42.5 Å². The highest BCUT2D eigenvalue weighted by atomic mass is 16.5. The van der Waals surface area contributed by atoms with Crippen molar-refractivity contribution in [3.8, 4) is 5.75 Å². The van der Waals surface area contributed by atoms with E-state index in [0.29, 0.717) is 0 Å². The van der Waals surface area contributed by atoms with Gasteiger partial charge in [-0.05, 0) is 31.5 Å². The third-order valence-corrected chi connectivity index (χ3v) is 2.85. The summed E-state index contributed by atoms with van der Waals surface area (Å²) in [7, 11) is 1.68. The summed E-state index contributed by atoms with van der Waals surface area (Å²) in [5, 5.41) is 3.41. The first kappa shape index (κ1) is 12.5. The van der Waals surface area contributed by atoms with Crippen molar-refractivity contribution in [2.24, 2.45) is 0 Å². The van der Waals surface area contributed by atoms with Crippen LogP contribution in [-0.2, 0) is 6.54 Å². The normalized spacial score (nSPS) is 10.2. The monoisotopic (exact) mass is 241 g/mol. The molecule has 0 saturated heterocycles. The minimum Gasteiger partial charge on any atom is -0.497 e. The third-order valence-electron chi connectivity index (χ3n) is 2.85. The summed E-state index contributed by atoms with van der Waals surface area (Å²) in [6, 6.07) is 14.6. The van der Waals surface area contributed by atoms with E-state index in [1.165, 1.54) is 16.7 Å². The number of rotatable bonds is 4. The third kappa shape index (κ3) is 3.27. The Morgan fingerprint density at radius 3 is 2.39 bits per heavy atom. The van der Waals surface area contributed by atoms with Crippen LogP contribution in [0.1, 0.15) is 16.7 Å². The fourth-order valence-corrected chi connectivity index (χ4v) is 2.11. The van der Waals surface area contributed by atoms with Crippen LogP contribution in [0.25, 0.3) is 0 Å². The number of hydrogen-bond acceptors (Lipinski definition) is 2. The number of nitrogens with one attached hydrogen (secondary N) is 1. The first-order chi connectivity index (χ1) is 8.67. The van der Waals surface area contributed by atoms with Gasteiger partial charge in [0.1, 0.15) is 5.75 Å². The average molecular weight is 241 g/mol. The van der Waals surface area contributed by atoms with Gasteiger partial charge in [0.2, 0.25) is 0 Å². The van der Waals surface area contributed by atoms with Crippen molar-refractivity contribution in [3.63, 3.8) is 0 Å². The van der Waals surface area contributed by atoms with E-state index in [1.807, 2.05) is 24.3 Å². The van der Waals surface area contributed by atoms with E-state index >= 15 is 0 Å². The van der Waals surface area contributed by atoms with Gasteiger partial charge in [-0.25, -0.2) is 0 Å². The average Bonchev–Trinajstić information content (AvgIpc) is 2.35. The van der Waals surface area contributed by atoms with Crippen molar-refractivity contribution in [1.82, 2.24) is 0 Å². The lowest BCUT2D eigenvalue weighted by Gasteiger charge is -2.09. The second-order valence-corrected chi connectivity index (χ2v) is 4.58. The van der Waals surface area contributed by atoms with Crippen molar-refractivity contribution in [1.29, 1.82) is 0 Å². The standard InChI is InChI=1S/C16H19NO/c1-12-7-13(2)9-14(8-12)11-17-15-5-4-6-16(10-15)18-3/h4-10,17H,11H2,1-3H3. The van der Waals surface area contributed by atoms with Gasteiger partial charge in [0.15, 0.2) is 0 Å². The Kier molecular flexibility index (Phi) is 3.88. The molecule has 0 heterocycles. The van der Waals surface area contributed by atoms with Crippen LogP contribution in [0.2, 0.25) is 0 Å². The van der Waals surface area contributed by atoms with E-state index in [4.69, 9.17) is 4.74 Å². The Bertz CT molecular complexity index is 514. The number of aryl methyl sites for hydroxylation is 2. The number of methoxy groups -OCH3 is 1. The number of ether oxygens (including phenoxy) is 1. The first-order valence-electron chi connectivity index (χ1n) is 6.12. The molecule has 0 unspecified atom stereocenters. The summed E-state index contributed by atoms with van der Waals surface area (Å²) in [5.74, 6) is 0.875. The summed E-state index contributed by atoms with van der Waals surface area (Å²) in [6.45, 7) is 5.08. The SMILES string of the molecule is COc1cccc(NCc2cc(C)cc(C)c2)c1. The molecule has 0 spiro atoms. The Morgan fingerprint density at radius 1 is 1.00 bits per heavy atom. The number of hydrogen-bond donors (Lipinski definition) is 1. The molecule has 0 aliphatic carbocycles. The zero-order chi connectivity index (χ0) is 13.0. The second kappa shape index (κ2) is 5.58. The lowest BCUT2D eigenvalue weighted by molar-refractivity contribution is 0.415. The molecule has 0 bridgehead atoms.